The Hall–Kier alpha value is -0.100. The summed E-state index contributed by atoms with van der Waals surface area (Å²) in [4.78, 5) is 0. The predicted octanol–water partition coefficient (Wildman–Crippen LogP) is 3.99. The molecule has 0 spiro atoms. The highest BCUT2D eigenvalue weighted by Gasteiger charge is 2.75. The van der Waals surface area contributed by atoms with Gasteiger partial charge in [0.1, 0.15) is 5.03 Å². The molecule has 0 aliphatic heterocycles. The first-order valence-electron chi connectivity index (χ1n) is 3.22. The summed E-state index contributed by atoms with van der Waals surface area (Å²) >= 11 is 9.67. The van der Waals surface area contributed by atoms with Gasteiger partial charge in [-0.05, 0) is 0 Å². The van der Waals surface area contributed by atoms with E-state index in [2.05, 4.69) is 0 Å². The summed E-state index contributed by atoms with van der Waals surface area (Å²) in [5, 5.41) is -2.87. The van der Waals surface area contributed by atoms with Crippen molar-refractivity contribution in [3.8, 4) is 0 Å². The minimum atomic E-state index is -5.52. The summed E-state index contributed by atoms with van der Waals surface area (Å²) in [6.45, 7) is 0. The molecular weight excluding hydrogens is 257 g/mol. The quantitative estimate of drug-likeness (QED) is 0.577. The number of halogens is 8. The largest absolute Gasteiger partial charge is 0.377 e. The molecule has 0 radical (unpaired) electrons. The van der Waals surface area contributed by atoms with Crippen LogP contribution in [0.15, 0.2) is 10.1 Å². The lowest BCUT2D eigenvalue weighted by Crippen LogP contribution is -2.57. The van der Waals surface area contributed by atoms with Crippen LogP contribution in [0.3, 0.4) is 0 Å². The molecule has 0 unspecified atom stereocenters. The van der Waals surface area contributed by atoms with Gasteiger partial charge in [0.25, 0.3) is 0 Å². The molecule has 82 valence electrons. The molecule has 0 nitrogen and oxygen atoms in total. The van der Waals surface area contributed by atoms with Crippen molar-refractivity contribution in [1.29, 1.82) is 0 Å². The molecule has 0 aromatic rings. The van der Waals surface area contributed by atoms with Crippen LogP contribution in [-0.4, -0.2) is 17.8 Å². The van der Waals surface area contributed by atoms with Crippen molar-refractivity contribution in [3.05, 3.63) is 10.1 Å². The smallest absolute Gasteiger partial charge is 0.199 e. The predicted molar refractivity (Wildman–Crippen MR) is 38.2 cm³/mol. The van der Waals surface area contributed by atoms with Crippen LogP contribution in [-0.2, 0) is 0 Å². The van der Waals surface area contributed by atoms with E-state index in [9.17, 15) is 26.3 Å². The van der Waals surface area contributed by atoms with Gasteiger partial charge in [0.2, 0.25) is 0 Å². The summed E-state index contributed by atoms with van der Waals surface area (Å²) < 4.78 is 75.2. The standard InChI is InChI=1S/C6H2Cl2F6/c7-2-1-4(9,10)6(13,14)5(11,12)3(2)8/h1H2. The van der Waals surface area contributed by atoms with E-state index in [0.29, 0.717) is 0 Å². The van der Waals surface area contributed by atoms with E-state index in [1.807, 2.05) is 0 Å². The topological polar surface area (TPSA) is 0 Å². The molecule has 1 rings (SSSR count). The first-order valence-corrected chi connectivity index (χ1v) is 3.97. The summed E-state index contributed by atoms with van der Waals surface area (Å²) in [5.41, 5.74) is 0. The summed E-state index contributed by atoms with van der Waals surface area (Å²) in [6, 6.07) is 0. The van der Waals surface area contributed by atoms with Crippen molar-refractivity contribution in [2.24, 2.45) is 0 Å². The summed E-state index contributed by atoms with van der Waals surface area (Å²) in [7, 11) is 0. The van der Waals surface area contributed by atoms with Gasteiger partial charge in [0, 0.05) is 5.03 Å². The van der Waals surface area contributed by atoms with Gasteiger partial charge in [-0.1, -0.05) is 23.2 Å². The fourth-order valence-electron chi connectivity index (χ4n) is 0.921. The zero-order valence-electron chi connectivity index (χ0n) is 6.23. The Morgan fingerprint density at radius 1 is 0.929 bits per heavy atom. The lowest BCUT2D eigenvalue weighted by atomic mass is 9.95. The lowest BCUT2D eigenvalue weighted by molar-refractivity contribution is -0.298. The number of allylic oxidation sites excluding steroid dienone is 2. The first kappa shape index (κ1) is 12.0. The second kappa shape index (κ2) is 2.95. The molecule has 0 saturated heterocycles. The van der Waals surface area contributed by atoms with Crippen LogP contribution >= 0.6 is 23.2 Å². The first-order chi connectivity index (χ1) is 6.04. The van der Waals surface area contributed by atoms with Crippen molar-refractivity contribution >= 4 is 23.2 Å². The fraction of sp³-hybridized carbons (Fsp3) is 0.667. The van der Waals surface area contributed by atoms with Crippen molar-refractivity contribution in [2.75, 3.05) is 0 Å². The molecule has 0 bridgehead atoms. The lowest BCUT2D eigenvalue weighted by Gasteiger charge is -2.36. The third-order valence-electron chi connectivity index (χ3n) is 1.74. The number of alkyl halides is 6. The molecule has 1 aliphatic carbocycles. The summed E-state index contributed by atoms with van der Waals surface area (Å²) in [5.74, 6) is -15.5. The van der Waals surface area contributed by atoms with E-state index in [1.54, 1.807) is 0 Å². The van der Waals surface area contributed by atoms with Crippen LogP contribution < -0.4 is 0 Å². The normalized spacial score (nSPS) is 29.1. The van der Waals surface area contributed by atoms with Gasteiger partial charge in [-0.2, -0.15) is 26.3 Å². The highest BCUT2D eigenvalue weighted by Crippen LogP contribution is 2.57. The molecular formula is C6H2Cl2F6. The van der Waals surface area contributed by atoms with E-state index in [-0.39, 0.29) is 0 Å². The number of hydrogen-bond acceptors (Lipinski definition) is 0. The Labute approximate surface area is 84.5 Å². The third-order valence-corrected chi connectivity index (χ3v) is 2.63. The zero-order chi connectivity index (χ0) is 11.4. The Kier molecular flexibility index (Phi) is 2.52. The molecule has 0 amide bonds. The molecule has 0 heterocycles. The average Bonchev–Trinajstić information content (AvgIpc) is 1.99. The van der Waals surface area contributed by atoms with E-state index in [1.165, 1.54) is 0 Å². The Balaban J connectivity index is 3.36. The maximum atomic E-state index is 12.6. The molecule has 0 saturated carbocycles. The highest BCUT2D eigenvalue weighted by molar-refractivity contribution is 6.40. The van der Waals surface area contributed by atoms with Gasteiger partial charge in [0.05, 0.1) is 6.42 Å². The maximum Gasteiger partial charge on any atom is 0.377 e. The molecule has 0 aromatic heterocycles. The van der Waals surface area contributed by atoms with Gasteiger partial charge in [-0.3, -0.25) is 0 Å². The van der Waals surface area contributed by atoms with Crippen LogP contribution in [0.4, 0.5) is 26.3 Å². The fourth-order valence-corrected chi connectivity index (χ4v) is 1.39. The average molecular weight is 259 g/mol. The maximum absolute atomic E-state index is 12.6. The second-order valence-corrected chi connectivity index (χ2v) is 3.58. The van der Waals surface area contributed by atoms with E-state index >= 15 is 0 Å². The second-order valence-electron chi connectivity index (χ2n) is 2.75. The minimum absolute atomic E-state index is 1.15. The van der Waals surface area contributed by atoms with Crippen molar-refractivity contribution in [3.63, 3.8) is 0 Å². The Morgan fingerprint density at radius 2 is 1.36 bits per heavy atom. The number of hydrogen-bond donors (Lipinski definition) is 0. The highest BCUT2D eigenvalue weighted by atomic mass is 35.5. The SMILES string of the molecule is FC1(F)CC(Cl)=C(Cl)C(F)(F)C1(F)F. The van der Waals surface area contributed by atoms with Gasteiger partial charge in [-0.15, -0.1) is 0 Å². The van der Waals surface area contributed by atoms with Crippen LogP contribution in [0.1, 0.15) is 6.42 Å². The molecule has 14 heavy (non-hydrogen) atoms. The Morgan fingerprint density at radius 3 is 1.79 bits per heavy atom. The van der Waals surface area contributed by atoms with Gasteiger partial charge >= 0.3 is 17.8 Å². The summed E-state index contributed by atoms with van der Waals surface area (Å²) in [6.07, 6.45) is -1.68. The van der Waals surface area contributed by atoms with Gasteiger partial charge < -0.3 is 0 Å². The van der Waals surface area contributed by atoms with Crippen LogP contribution in [0.25, 0.3) is 0 Å². The van der Waals surface area contributed by atoms with Gasteiger partial charge in [-0.25, -0.2) is 0 Å². The van der Waals surface area contributed by atoms with Crippen LogP contribution in [0, 0.1) is 0 Å². The van der Waals surface area contributed by atoms with E-state index in [0.717, 1.165) is 0 Å². The van der Waals surface area contributed by atoms with Crippen molar-refractivity contribution in [2.45, 2.75) is 24.2 Å². The molecule has 0 aromatic carbocycles. The van der Waals surface area contributed by atoms with Crippen molar-refractivity contribution < 1.29 is 26.3 Å². The Bertz CT molecular complexity index is 295. The minimum Gasteiger partial charge on any atom is -0.199 e. The zero-order valence-corrected chi connectivity index (χ0v) is 7.74. The molecule has 0 fully saturated rings. The van der Waals surface area contributed by atoms with Crippen LogP contribution in [0.2, 0.25) is 0 Å². The molecule has 8 heteroatoms. The van der Waals surface area contributed by atoms with E-state index in [4.69, 9.17) is 23.2 Å². The van der Waals surface area contributed by atoms with E-state index < -0.39 is 34.3 Å². The molecule has 0 N–H and O–H groups in total. The monoisotopic (exact) mass is 258 g/mol. The number of rotatable bonds is 0. The van der Waals surface area contributed by atoms with Gasteiger partial charge in [0.15, 0.2) is 0 Å². The van der Waals surface area contributed by atoms with Crippen molar-refractivity contribution in [1.82, 2.24) is 0 Å². The molecule has 1 aliphatic rings. The third kappa shape index (κ3) is 1.31. The molecule has 0 atom stereocenters. The van der Waals surface area contributed by atoms with Crippen LogP contribution in [0.5, 0.6) is 0 Å².